The van der Waals surface area contributed by atoms with Gasteiger partial charge in [-0.05, 0) is 42.2 Å². The summed E-state index contributed by atoms with van der Waals surface area (Å²) >= 11 is 0. The minimum Gasteiger partial charge on any atom is -0.489 e. The summed E-state index contributed by atoms with van der Waals surface area (Å²) < 4.78 is 11.3. The third-order valence-corrected chi connectivity index (χ3v) is 4.30. The lowest BCUT2D eigenvalue weighted by atomic mass is 10.1. The van der Waals surface area contributed by atoms with Gasteiger partial charge in [0.1, 0.15) is 24.0 Å². The van der Waals surface area contributed by atoms with Crippen molar-refractivity contribution in [1.29, 1.82) is 5.26 Å². The Morgan fingerprint density at radius 3 is 2.85 bits per heavy atom. The lowest BCUT2D eigenvalue weighted by Gasteiger charge is -2.10. The van der Waals surface area contributed by atoms with Gasteiger partial charge in [0, 0.05) is 13.2 Å². The molecule has 5 heteroatoms. The van der Waals surface area contributed by atoms with Crippen molar-refractivity contribution in [3.05, 3.63) is 71.3 Å². The van der Waals surface area contributed by atoms with Gasteiger partial charge in [0.25, 0.3) is 5.91 Å². The number of carbonyl (C=O) groups excluding carboxylic acids is 1. The zero-order valence-corrected chi connectivity index (χ0v) is 15.1. The van der Waals surface area contributed by atoms with Crippen LogP contribution >= 0.6 is 0 Å². The molecule has 1 saturated heterocycles. The van der Waals surface area contributed by atoms with Crippen molar-refractivity contribution in [3.8, 4) is 11.8 Å². The van der Waals surface area contributed by atoms with E-state index in [0.29, 0.717) is 18.9 Å². The SMILES string of the molecule is N#CC(=Cc1cccc(OCc2ccccc2)c1)C(=O)NCC1CCCO1. The molecule has 5 nitrogen and oxygen atoms in total. The standard InChI is InChI=1S/C22H22N2O3/c23-14-19(22(25)24-15-21-10-5-11-26-21)12-18-8-4-9-20(13-18)27-16-17-6-2-1-3-7-17/h1-4,6-9,12-13,21H,5,10-11,15-16H2,(H,24,25). The molecule has 27 heavy (non-hydrogen) atoms. The Bertz CT molecular complexity index is 834. The van der Waals surface area contributed by atoms with Crippen molar-refractivity contribution in [1.82, 2.24) is 5.32 Å². The predicted molar refractivity (Wildman–Crippen MR) is 103 cm³/mol. The minimum atomic E-state index is -0.386. The van der Waals surface area contributed by atoms with E-state index in [1.54, 1.807) is 6.08 Å². The maximum Gasteiger partial charge on any atom is 0.262 e. The second-order valence-electron chi connectivity index (χ2n) is 6.36. The van der Waals surface area contributed by atoms with E-state index in [1.807, 2.05) is 60.7 Å². The molecule has 1 aliphatic heterocycles. The lowest BCUT2D eigenvalue weighted by molar-refractivity contribution is -0.117. The molecule has 1 fully saturated rings. The van der Waals surface area contributed by atoms with Gasteiger partial charge in [-0.1, -0.05) is 42.5 Å². The van der Waals surface area contributed by atoms with Crippen molar-refractivity contribution in [2.24, 2.45) is 0 Å². The third-order valence-electron chi connectivity index (χ3n) is 4.30. The first-order valence-electron chi connectivity index (χ1n) is 9.03. The van der Waals surface area contributed by atoms with Gasteiger partial charge < -0.3 is 14.8 Å². The van der Waals surface area contributed by atoms with Crippen LogP contribution in [-0.2, 0) is 16.1 Å². The summed E-state index contributed by atoms with van der Waals surface area (Å²) in [4.78, 5) is 12.2. The highest BCUT2D eigenvalue weighted by molar-refractivity contribution is 6.01. The number of benzene rings is 2. The van der Waals surface area contributed by atoms with Crippen molar-refractivity contribution in [2.75, 3.05) is 13.2 Å². The number of nitrogens with zero attached hydrogens (tertiary/aromatic N) is 1. The molecule has 0 radical (unpaired) electrons. The van der Waals surface area contributed by atoms with E-state index < -0.39 is 0 Å². The van der Waals surface area contributed by atoms with Crippen LogP contribution in [0.1, 0.15) is 24.0 Å². The number of nitrogens with one attached hydrogen (secondary N) is 1. The molecule has 1 amide bonds. The fraction of sp³-hybridized carbons (Fsp3) is 0.273. The first kappa shape index (κ1) is 18.7. The second kappa shape index (κ2) is 9.56. The molecule has 1 unspecified atom stereocenters. The number of nitriles is 1. The Balaban J connectivity index is 1.61. The van der Waals surface area contributed by atoms with E-state index in [-0.39, 0.29) is 17.6 Å². The average molecular weight is 362 g/mol. The molecule has 1 atom stereocenters. The summed E-state index contributed by atoms with van der Waals surface area (Å²) in [5.41, 5.74) is 1.88. The average Bonchev–Trinajstić information content (AvgIpc) is 3.23. The van der Waals surface area contributed by atoms with Crippen molar-refractivity contribution in [2.45, 2.75) is 25.6 Å². The van der Waals surface area contributed by atoms with Crippen LogP contribution in [0, 0.1) is 11.3 Å². The summed E-state index contributed by atoms with van der Waals surface area (Å²) in [7, 11) is 0. The molecule has 0 spiro atoms. The smallest absolute Gasteiger partial charge is 0.262 e. The molecule has 1 N–H and O–H groups in total. The Kier molecular flexibility index (Phi) is 6.61. The number of ether oxygens (including phenoxy) is 2. The summed E-state index contributed by atoms with van der Waals surface area (Å²) in [6.07, 6.45) is 3.56. The van der Waals surface area contributed by atoms with Gasteiger partial charge in [0.05, 0.1) is 6.10 Å². The van der Waals surface area contributed by atoms with E-state index >= 15 is 0 Å². The number of carbonyl (C=O) groups is 1. The third kappa shape index (κ3) is 5.70. The van der Waals surface area contributed by atoms with Crippen LogP contribution in [0.4, 0.5) is 0 Å². The highest BCUT2D eigenvalue weighted by atomic mass is 16.5. The molecule has 1 heterocycles. The molecular formula is C22H22N2O3. The number of amides is 1. The lowest BCUT2D eigenvalue weighted by Crippen LogP contribution is -2.32. The Morgan fingerprint density at radius 1 is 1.26 bits per heavy atom. The molecule has 0 aliphatic carbocycles. The normalized spacial score (nSPS) is 16.6. The van der Waals surface area contributed by atoms with E-state index in [2.05, 4.69) is 5.32 Å². The van der Waals surface area contributed by atoms with E-state index in [9.17, 15) is 10.1 Å². The van der Waals surface area contributed by atoms with Crippen LogP contribution in [0.15, 0.2) is 60.2 Å². The van der Waals surface area contributed by atoms with Crippen molar-refractivity contribution >= 4 is 12.0 Å². The quantitative estimate of drug-likeness (QED) is 0.605. The molecular weight excluding hydrogens is 340 g/mol. The second-order valence-corrected chi connectivity index (χ2v) is 6.36. The van der Waals surface area contributed by atoms with Crippen LogP contribution in [0.3, 0.4) is 0 Å². The van der Waals surface area contributed by atoms with Crippen molar-refractivity contribution in [3.63, 3.8) is 0 Å². The van der Waals surface area contributed by atoms with Gasteiger partial charge in [0.15, 0.2) is 0 Å². The molecule has 2 aromatic rings. The maximum atomic E-state index is 12.2. The minimum absolute atomic E-state index is 0.0450. The molecule has 0 bridgehead atoms. The monoisotopic (exact) mass is 362 g/mol. The van der Waals surface area contributed by atoms with Crippen molar-refractivity contribution < 1.29 is 14.3 Å². The van der Waals surface area contributed by atoms with Gasteiger partial charge in [0.2, 0.25) is 0 Å². The molecule has 0 saturated carbocycles. The highest BCUT2D eigenvalue weighted by Crippen LogP contribution is 2.18. The zero-order chi connectivity index (χ0) is 18.9. The molecule has 1 aliphatic rings. The van der Waals surface area contributed by atoms with E-state index in [0.717, 1.165) is 30.6 Å². The first-order chi connectivity index (χ1) is 13.2. The van der Waals surface area contributed by atoms with Gasteiger partial charge in [-0.3, -0.25) is 4.79 Å². The fourth-order valence-electron chi connectivity index (χ4n) is 2.86. The Hall–Kier alpha value is -3.10. The van der Waals surface area contributed by atoms with Crippen LogP contribution in [0.2, 0.25) is 0 Å². The highest BCUT2D eigenvalue weighted by Gasteiger charge is 2.17. The Morgan fingerprint density at radius 2 is 2.11 bits per heavy atom. The summed E-state index contributed by atoms with van der Waals surface area (Å²) in [6, 6.07) is 19.2. The zero-order valence-electron chi connectivity index (χ0n) is 15.1. The van der Waals surface area contributed by atoms with Crippen LogP contribution < -0.4 is 10.1 Å². The number of rotatable bonds is 7. The van der Waals surface area contributed by atoms with Crippen LogP contribution in [-0.4, -0.2) is 25.2 Å². The fourth-order valence-corrected chi connectivity index (χ4v) is 2.86. The van der Waals surface area contributed by atoms with Gasteiger partial charge in [-0.2, -0.15) is 5.26 Å². The summed E-state index contributed by atoms with van der Waals surface area (Å²) in [6.45, 7) is 1.62. The van der Waals surface area contributed by atoms with Gasteiger partial charge >= 0.3 is 0 Å². The number of hydrogen-bond donors (Lipinski definition) is 1. The maximum absolute atomic E-state index is 12.2. The molecule has 2 aromatic carbocycles. The van der Waals surface area contributed by atoms with Gasteiger partial charge in [-0.25, -0.2) is 0 Å². The van der Waals surface area contributed by atoms with Crippen LogP contribution in [0.25, 0.3) is 6.08 Å². The molecule has 0 aromatic heterocycles. The number of hydrogen-bond acceptors (Lipinski definition) is 4. The topological polar surface area (TPSA) is 71.3 Å². The molecule has 138 valence electrons. The van der Waals surface area contributed by atoms with E-state index in [1.165, 1.54) is 0 Å². The Labute approximate surface area is 159 Å². The summed E-state index contributed by atoms with van der Waals surface area (Å²) in [5.74, 6) is 0.299. The molecule has 3 rings (SSSR count). The van der Waals surface area contributed by atoms with Gasteiger partial charge in [-0.15, -0.1) is 0 Å². The summed E-state index contributed by atoms with van der Waals surface area (Å²) in [5, 5.41) is 12.1. The first-order valence-corrected chi connectivity index (χ1v) is 9.03. The largest absolute Gasteiger partial charge is 0.489 e. The predicted octanol–water partition coefficient (Wildman–Crippen LogP) is 3.47. The van der Waals surface area contributed by atoms with Crippen LogP contribution in [0.5, 0.6) is 5.75 Å². The van der Waals surface area contributed by atoms with E-state index in [4.69, 9.17) is 9.47 Å².